The summed E-state index contributed by atoms with van der Waals surface area (Å²) in [6.45, 7) is 3.59. The van der Waals surface area contributed by atoms with E-state index >= 15 is 0 Å². The van der Waals surface area contributed by atoms with Gasteiger partial charge in [-0.05, 0) is 50.3 Å². The molecule has 0 aromatic heterocycles. The molecule has 0 aliphatic carbocycles. The topological polar surface area (TPSA) is 46.2 Å². The Morgan fingerprint density at radius 1 is 1.09 bits per heavy atom. The van der Waals surface area contributed by atoms with Crippen molar-refractivity contribution in [3.05, 3.63) is 59.7 Å². The smallest absolute Gasteiger partial charge is 0.224 e. The summed E-state index contributed by atoms with van der Waals surface area (Å²) in [5, 5.41) is 2.84. The van der Waals surface area contributed by atoms with Crippen LogP contribution in [0.15, 0.2) is 53.4 Å². The number of aryl methyl sites for hydroxylation is 1. The van der Waals surface area contributed by atoms with Crippen LogP contribution in [0.5, 0.6) is 0 Å². The predicted molar refractivity (Wildman–Crippen MR) is 96.2 cm³/mol. The number of carbonyl (C=O) groups is 2. The molecule has 0 unspecified atom stereocenters. The van der Waals surface area contributed by atoms with Crippen molar-refractivity contribution in [1.82, 2.24) is 0 Å². The van der Waals surface area contributed by atoms with Gasteiger partial charge < -0.3 is 5.32 Å². The fourth-order valence-electron chi connectivity index (χ4n) is 2.10. The summed E-state index contributed by atoms with van der Waals surface area (Å²) in [5.41, 5.74) is 2.54. The molecule has 0 spiro atoms. The lowest BCUT2D eigenvalue weighted by atomic mass is 10.1. The van der Waals surface area contributed by atoms with Crippen LogP contribution in [0.3, 0.4) is 0 Å². The lowest BCUT2D eigenvalue weighted by molar-refractivity contribution is -0.116. The molecule has 0 saturated carbocycles. The summed E-state index contributed by atoms with van der Waals surface area (Å²) < 4.78 is 0. The highest BCUT2D eigenvalue weighted by Gasteiger charge is 2.05. The van der Waals surface area contributed by atoms with Gasteiger partial charge in [0.1, 0.15) is 0 Å². The van der Waals surface area contributed by atoms with Crippen molar-refractivity contribution in [3.63, 3.8) is 0 Å². The summed E-state index contributed by atoms with van der Waals surface area (Å²) in [6, 6.07) is 15.4. The number of ketones is 1. The third-order valence-electron chi connectivity index (χ3n) is 3.39. The van der Waals surface area contributed by atoms with E-state index in [1.54, 1.807) is 36.0 Å². The van der Waals surface area contributed by atoms with E-state index in [4.69, 9.17) is 0 Å². The van der Waals surface area contributed by atoms with Crippen molar-refractivity contribution in [2.24, 2.45) is 0 Å². The molecule has 0 fully saturated rings. The Balaban J connectivity index is 1.74. The zero-order valence-corrected chi connectivity index (χ0v) is 14.3. The van der Waals surface area contributed by atoms with E-state index in [2.05, 4.69) is 36.5 Å². The Hall–Kier alpha value is -2.07. The largest absolute Gasteiger partial charge is 0.326 e. The minimum absolute atomic E-state index is 0.00408. The lowest BCUT2D eigenvalue weighted by Gasteiger charge is -2.06. The Morgan fingerprint density at radius 2 is 1.83 bits per heavy atom. The molecule has 23 heavy (non-hydrogen) atoms. The number of anilines is 1. The molecule has 4 heteroatoms. The number of hydrogen-bond acceptors (Lipinski definition) is 3. The van der Waals surface area contributed by atoms with Gasteiger partial charge in [0.25, 0.3) is 0 Å². The van der Waals surface area contributed by atoms with Crippen LogP contribution in [-0.4, -0.2) is 17.4 Å². The number of carbonyl (C=O) groups excluding carboxylic acids is 2. The number of thioether (sulfide) groups is 1. The van der Waals surface area contributed by atoms with Crippen LogP contribution in [0.2, 0.25) is 0 Å². The highest BCUT2D eigenvalue weighted by molar-refractivity contribution is 7.99. The molecule has 1 N–H and O–H groups in total. The highest BCUT2D eigenvalue weighted by Crippen LogP contribution is 2.20. The van der Waals surface area contributed by atoms with Crippen molar-refractivity contribution in [2.45, 2.75) is 31.6 Å². The minimum atomic E-state index is -0.0183. The second-order valence-corrected chi connectivity index (χ2v) is 6.62. The molecule has 0 heterocycles. The van der Waals surface area contributed by atoms with Crippen molar-refractivity contribution < 1.29 is 9.59 Å². The van der Waals surface area contributed by atoms with Gasteiger partial charge in [0.15, 0.2) is 5.78 Å². The van der Waals surface area contributed by atoms with Gasteiger partial charge in [0, 0.05) is 22.6 Å². The summed E-state index contributed by atoms with van der Waals surface area (Å²) in [6.07, 6.45) is 1.29. The highest BCUT2D eigenvalue weighted by atomic mass is 32.2. The summed E-state index contributed by atoms with van der Waals surface area (Å²) >= 11 is 1.76. The van der Waals surface area contributed by atoms with Crippen molar-refractivity contribution in [2.75, 3.05) is 11.1 Å². The molecular weight excluding hydrogens is 306 g/mol. The standard InChI is InChI=1S/C19H21NO2S/c1-14-8-10-18(11-9-14)23-12-4-7-19(22)20-17-6-3-5-16(13-17)15(2)21/h3,5-6,8-11,13H,4,7,12H2,1-2H3,(H,20,22). The first kappa shape index (κ1) is 17.3. The Kier molecular flexibility index (Phi) is 6.41. The third kappa shape index (κ3) is 5.91. The van der Waals surface area contributed by atoms with Crippen molar-refractivity contribution >= 4 is 29.1 Å². The molecule has 0 saturated heterocycles. The van der Waals surface area contributed by atoms with E-state index in [0.717, 1.165) is 12.2 Å². The van der Waals surface area contributed by atoms with Gasteiger partial charge >= 0.3 is 0 Å². The van der Waals surface area contributed by atoms with E-state index in [0.29, 0.717) is 17.7 Å². The number of Topliss-reactive ketones (excluding diaryl/α,β-unsaturated/α-hetero) is 1. The third-order valence-corrected chi connectivity index (χ3v) is 4.49. The Labute approximate surface area is 141 Å². The van der Waals surface area contributed by atoms with E-state index < -0.39 is 0 Å². The van der Waals surface area contributed by atoms with E-state index in [1.807, 2.05) is 0 Å². The molecule has 0 aliphatic heterocycles. The number of benzene rings is 2. The van der Waals surface area contributed by atoms with Crippen molar-refractivity contribution in [3.8, 4) is 0 Å². The molecular formula is C19H21NO2S. The molecule has 2 aromatic rings. The van der Waals surface area contributed by atoms with Crippen LogP contribution in [0.4, 0.5) is 5.69 Å². The zero-order valence-electron chi connectivity index (χ0n) is 13.5. The monoisotopic (exact) mass is 327 g/mol. The normalized spacial score (nSPS) is 10.3. The average molecular weight is 327 g/mol. The summed E-state index contributed by atoms with van der Waals surface area (Å²) in [5.74, 6) is 0.884. The number of amides is 1. The van der Waals surface area contributed by atoms with Gasteiger partial charge in [-0.2, -0.15) is 0 Å². The average Bonchev–Trinajstić information content (AvgIpc) is 2.53. The van der Waals surface area contributed by atoms with Crippen LogP contribution in [0.1, 0.15) is 35.7 Å². The SMILES string of the molecule is CC(=O)c1cccc(NC(=O)CCCSc2ccc(C)cc2)c1. The van der Waals surface area contributed by atoms with Gasteiger partial charge in [-0.25, -0.2) is 0 Å². The predicted octanol–water partition coefficient (Wildman–Crippen LogP) is 4.71. The Bertz CT molecular complexity index is 680. The van der Waals surface area contributed by atoms with E-state index in [-0.39, 0.29) is 11.7 Å². The van der Waals surface area contributed by atoms with E-state index in [1.165, 1.54) is 17.4 Å². The molecule has 3 nitrogen and oxygen atoms in total. The van der Waals surface area contributed by atoms with Gasteiger partial charge in [0.05, 0.1) is 0 Å². The van der Waals surface area contributed by atoms with Gasteiger partial charge in [-0.1, -0.05) is 29.8 Å². The summed E-state index contributed by atoms with van der Waals surface area (Å²) in [4.78, 5) is 24.5. The lowest BCUT2D eigenvalue weighted by Crippen LogP contribution is -2.11. The van der Waals surface area contributed by atoms with Crippen LogP contribution in [0.25, 0.3) is 0 Å². The van der Waals surface area contributed by atoms with Crippen molar-refractivity contribution in [1.29, 1.82) is 0 Å². The maximum Gasteiger partial charge on any atom is 0.224 e. The maximum absolute atomic E-state index is 11.9. The molecule has 0 bridgehead atoms. The Morgan fingerprint density at radius 3 is 2.52 bits per heavy atom. The van der Waals surface area contributed by atoms with Gasteiger partial charge in [0.2, 0.25) is 5.91 Å². The molecule has 2 aromatic carbocycles. The fraction of sp³-hybridized carbons (Fsp3) is 0.263. The fourth-order valence-corrected chi connectivity index (χ4v) is 2.95. The molecule has 0 aliphatic rings. The zero-order chi connectivity index (χ0) is 16.7. The first-order valence-electron chi connectivity index (χ1n) is 7.65. The van der Waals surface area contributed by atoms with Gasteiger partial charge in [-0.3, -0.25) is 9.59 Å². The van der Waals surface area contributed by atoms with Gasteiger partial charge in [-0.15, -0.1) is 11.8 Å². The molecule has 0 atom stereocenters. The number of hydrogen-bond donors (Lipinski definition) is 1. The molecule has 2 rings (SSSR count). The van der Waals surface area contributed by atoms with Crippen LogP contribution in [0, 0.1) is 6.92 Å². The van der Waals surface area contributed by atoms with Crippen LogP contribution >= 0.6 is 11.8 Å². The second kappa shape index (κ2) is 8.53. The molecule has 1 amide bonds. The quantitative estimate of drug-likeness (QED) is 0.455. The number of rotatable bonds is 7. The van der Waals surface area contributed by atoms with E-state index in [9.17, 15) is 9.59 Å². The molecule has 120 valence electrons. The number of nitrogens with one attached hydrogen (secondary N) is 1. The van der Waals surface area contributed by atoms with Crippen LogP contribution in [-0.2, 0) is 4.79 Å². The minimum Gasteiger partial charge on any atom is -0.326 e. The first-order valence-corrected chi connectivity index (χ1v) is 8.63. The maximum atomic E-state index is 11.9. The second-order valence-electron chi connectivity index (χ2n) is 5.45. The first-order chi connectivity index (χ1) is 11.0. The van der Waals surface area contributed by atoms with Crippen LogP contribution < -0.4 is 5.32 Å². The summed E-state index contributed by atoms with van der Waals surface area (Å²) in [7, 11) is 0. The molecule has 0 radical (unpaired) electrons.